The quantitative estimate of drug-likeness (QED) is 0.325. The van der Waals surface area contributed by atoms with Gasteiger partial charge in [-0.05, 0) is 70.9 Å². The van der Waals surface area contributed by atoms with Crippen LogP contribution in [0, 0.1) is 12.7 Å². The lowest BCUT2D eigenvalue weighted by molar-refractivity contribution is 0.428. The van der Waals surface area contributed by atoms with Gasteiger partial charge in [0.05, 0.1) is 33.7 Å². The molecule has 0 aliphatic carbocycles. The number of hydrogen-bond acceptors (Lipinski definition) is 7. The molecule has 0 aliphatic heterocycles. The van der Waals surface area contributed by atoms with Crippen LogP contribution in [0.5, 0.6) is 11.6 Å². The fourth-order valence-electron chi connectivity index (χ4n) is 3.04. The van der Waals surface area contributed by atoms with Crippen molar-refractivity contribution in [1.29, 1.82) is 0 Å². The Kier molecular flexibility index (Phi) is 5.20. The summed E-state index contributed by atoms with van der Waals surface area (Å²) in [5, 5.41) is 11.7. The highest BCUT2D eigenvalue weighted by molar-refractivity contribution is 9.10. The molecule has 158 valence electrons. The summed E-state index contributed by atoms with van der Waals surface area (Å²) < 4.78 is 28.2. The molecule has 0 spiro atoms. The van der Waals surface area contributed by atoms with Gasteiger partial charge in [-0.3, -0.25) is 0 Å². The van der Waals surface area contributed by atoms with Crippen molar-refractivity contribution in [3.05, 3.63) is 83.0 Å². The van der Waals surface area contributed by atoms with E-state index in [1.807, 2.05) is 25.1 Å². The molecule has 0 radical (unpaired) electrons. The lowest BCUT2D eigenvalue weighted by atomic mass is 10.2. The third-order valence-corrected chi connectivity index (χ3v) is 5.22. The van der Waals surface area contributed by atoms with Crippen LogP contribution in [0.15, 0.2) is 76.1 Å². The topological polar surface area (TPSA) is 91.8 Å². The van der Waals surface area contributed by atoms with Crippen molar-refractivity contribution in [3.8, 4) is 40.2 Å². The Bertz CT molecular complexity index is 1400. The first-order valence-electron chi connectivity index (χ1n) is 9.48. The average Bonchev–Trinajstić information content (AvgIpc) is 3.49. The molecule has 0 amide bonds. The maximum atomic E-state index is 14.5. The van der Waals surface area contributed by atoms with E-state index in [1.165, 1.54) is 16.9 Å². The zero-order valence-electron chi connectivity index (χ0n) is 16.6. The SMILES string of the molecule is Cc1ccc(Oc2ncccc2-c2noc(-c3cc(-n4ccnn4)ccc3F)n2)c(Br)c1. The van der Waals surface area contributed by atoms with Crippen LogP contribution < -0.4 is 4.74 Å². The molecule has 3 heterocycles. The van der Waals surface area contributed by atoms with Crippen LogP contribution in [0.1, 0.15) is 5.56 Å². The van der Waals surface area contributed by atoms with Crippen molar-refractivity contribution in [2.45, 2.75) is 6.92 Å². The van der Waals surface area contributed by atoms with E-state index < -0.39 is 5.82 Å². The minimum Gasteiger partial charge on any atom is -0.437 e. The summed E-state index contributed by atoms with van der Waals surface area (Å²) in [5.74, 6) is 0.616. The second kappa shape index (κ2) is 8.31. The molecule has 3 aromatic heterocycles. The van der Waals surface area contributed by atoms with Crippen molar-refractivity contribution in [1.82, 2.24) is 30.1 Å². The number of rotatable bonds is 5. The first-order valence-corrected chi connectivity index (χ1v) is 10.3. The third kappa shape index (κ3) is 3.87. The summed E-state index contributed by atoms with van der Waals surface area (Å²) in [6, 6.07) is 13.6. The van der Waals surface area contributed by atoms with Crippen molar-refractivity contribution >= 4 is 15.9 Å². The molecule has 10 heteroatoms. The van der Waals surface area contributed by atoms with Crippen LogP contribution >= 0.6 is 15.9 Å². The monoisotopic (exact) mass is 492 g/mol. The maximum Gasteiger partial charge on any atom is 0.261 e. The zero-order valence-corrected chi connectivity index (χ0v) is 18.2. The van der Waals surface area contributed by atoms with Gasteiger partial charge in [-0.15, -0.1) is 5.10 Å². The zero-order chi connectivity index (χ0) is 22.1. The number of nitrogens with zero attached hydrogens (tertiary/aromatic N) is 6. The van der Waals surface area contributed by atoms with Crippen molar-refractivity contribution in [2.75, 3.05) is 0 Å². The molecule has 0 saturated carbocycles. The van der Waals surface area contributed by atoms with E-state index in [-0.39, 0.29) is 17.3 Å². The number of ether oxygens (including phenoxy) is 1. The van der Waals surface area contributed by atoms with Gasteiger partial charge in [0, 0.05) is 6.20 Å². The molecule has 0 bridgehead atoms. The van der Waals surface area contributed by atoms with E-state index in [9.17, 15) is 4.39 Å². The van der Waals surface area contributed by atoms with E-state index in [0.717, 1.165) is 10.0 Å². The summed E-state index contributed by atoms with van der Waals surface area (Å²) in [6.45, 7) is 1.98. The van der Waals surface area contributed by atoms with Crippen LogP contribution in [0.4, 0.5) is 4.39 Å². The summed E-state index contributed by atoms with van der Waals surface area (Å²) in [7, 11) is 0. The summed E-state index contributed by atoms with van der Waals surface area (Å²) in [5.41, 5.74) is 2.34. The Balaban J connectivity index is 1.50. The lowest BCUT2D eigenvalue weighted by Gasteiger charge is -2.09. The van der Waals surface area contributed by atoms with Crippen LogP contribution in [0.3, 0.4) is 0 Å². The van der Waals surface area contributed by atoms with E-state index in [2.05, 4.69) is 41.4 Å². The number of aryl methyl sites for hydroxylation is 1. The van der Waals surface area contributed by atoms with Crippen LogP contribution in [-0.4, -0.2) is 30.1 Å². The van der Waals surface area contributed by atoms with Gasteiger partial charge in [-0.2, -0.15) is 4.98 Å². The number of aromatic nitrogens is 6. The standard InChI is InChI=1S/C22H14BrFN6O2/c1-13-4-7-19(17(23)11-13)31-21-15(3-2-8-25-21)20-27-22(32-28-20)16-12-14(5-6-18(16)24)30-10-9-26-29-30/h2-12H,1H3. The molecule has 0 unspecified atom stereocenters. The maximum absolute atomic E-state index is 14.5. The molecule has 0 atom stereocenters. The highest BCUT2D eigenvalue weighted by Gasteiger charge is 2.19. The summed E-state index contributed by atoms with van der Waals surface area (Å²) in [6.07, 6.45) is 4.78. The highest BCUT2D eigenvalue weighted by Crippen LogP contribution is 2.35. The molecule has 0 fully saturated rings. The van der Waals surface area contributed by atoms with Gasteiger partial charge >= 0.3 is 0 Å². The molecule has 2 aromatic carbocycles. The summed E-state index contributed by atoms with van der Waals surface area (Å²) >= 11 is 3.50. The Hall–Kier alpha value is -3.92. The van der Waals surface area contributed by atoms with Gasteiger partial charge in [0.1, 0.15) is 11.6 Å². The smallest absolute Gasteiger partial charge is 0.261 e. The van der Waals surface area contributed by atoms with Crippen LogP contribution in [-0.2, 0) is 0 Å². The Morgan fingerprint density at radius 2 is 1.97 bits per heavy atom. The Morgan fingerprint density at radius 3 is 2.78 bits per heavy atom. The fourth-order valence-corrected chi connectivity index (χ4v) is 3.62. The van der Waals surface area contributed by atoms with Gasteiger partial charge < -0.3 is 9.26 Å². The molecular weight excluding hydrogens is 479 g/mol. The van der Waals surface area contributed by atoms with Crippen molar-refractivity contribution in [3.63, 3.8) is 0 Å². The van der Waals surface area contributed by atoms with Crippen LogP contribution in [0.2, 0.25) is 0 Å². The van der Waals surface area contributed by atoms with Gasteiger partial charge in [-0.25, -0.2) is 14.1 Å². The Labute approximate surface area is 189 Å². The molecule has 5 rings (SSSR count). The van der Waals surface area contributed by atoms with Gasteiger partial charge in [0.25, 0.3) is 5.89 Å². The average molecular weight is 493 g/mol. The molecule has 0 N–H and O–H groups in total. The number of halogens is 2. The van der Waals surface area contributed by atoms with E-state index >= 15 is 0 Å². The second-order valence-corrected chi connectivity index (χ2v) is 7.68. The molecule has 5 aromatic rings. The molecule has 32 heavy (non-hydrogen) atoms. The van der Waals surface area contributed by atoms with E-state index in [1.54, 1.807) is 36.7 Å². The normalized spacial score (nSPS) is 11.0. The predicted molar refractivity (Wildman–Crippen MR) is 117 cm³/mol. The van der Waals surface area contributed by atoms with Gasteiger partial charge in [0.2, 0.25) is 11.7 Å². The van der Waals surface area contributed by atoms with E-state index in [0.29, 0.717) is 22.9 Å². The minimum atomic E-state index is -0.504. The molecule has 0 aliphatic rings. The first kappa shape index (κ1) is 20.0. The number of benzene rings is 2. The predicted octanol–water partition coefficient (Wildman–Crippen LogP) is 5.38. The van der Waals surface area contributed by atoms with Crippen molar-refractivity contribution < 1.29 is 13.7 Å². The number of pyridine rings is 1. The van der Waals surface area contributed by atoms with Crippen LogP contribution in [0.25, 0.3) is 28.5 Å². The third-order valence-electron chi connectivity index (χ3n) is 4.60. The molecule has 8 nitrogen and oxygen atoms in total. The van der Waals surface area contributed by atoms with E-state index in [4.69, 9.17) is 9.26 Å². The fraction of sp³-hybridized carbons (Fsp3) is 0.0455. The second-order valence-electron chi connectivity index (χ2n) is 6.83. The minimum absolute atomic E-state index is 0.0192. The van der Waals surface area contributed by atoms with Gasteiger partial charge in [0.15, 0.2) is 0 Å². The van der Waals surface area contributed by atoms with Gasteiger partial charge in [-0.1, -0.05) is 16.4 Å². The molecule has 0 saturated heterocycles. The lowest BCUT2D eigenvalue weighted by Crippen LogP contribution is -1.97. The highest BCUT2D eigenvalue weighted by atomic mass is 79.9. The Morgan fingerprint density at radius 1 is 1.06 bits per heavy atom. The first-order chi connectivity index (χ1) is 15.6. The largest absolute Gasteiger partial charge is 0.437 e. The summed E-state index contributed by atoms with van der Waals surface area (Å²) in [4.78, 5) is 8.68. The van der Waals surface area contributed by atoms with Crippen molar-refractivity contribution in [2.24, 2.45) is 0 Å². The molecular formula is C22H14BrFN6O2. The number of hydrogen-bond donors (Lipinski definition) is 0.